The number of hydrogen-bond acceptors (Lipinski definition) is 2. The molecule has 1 aromatic carbocycles. The van der Waals surface area contributed by atoms with Crippen molar-refractivity contribution in [2.45, 2.75) is 18.9 Å². The topological polar surface area (TPSA) is 49.3 Å². The number of benzene rings is 1. The molecule has 1 atom stereocenters. The summed E-state index contributed by atoms with van der Waals surface area (Å²) in [6.07, 6.45) is 0.277. The van der Waals surface area contributed by atoms with E-state index in [1.54, 1.807) is 0 Å². The zero-order valence-electron chi connectivity index (χ0n) is 8.23. The molecular weight excluding hydrogens is 178 g/mol. The Morgan fingerprint density at radius 1 is 1.43 bits per heavy atom. The summed E-state index contributed by atoms with van der Waals surface area (Å²) in [7, 11) is 1.52. The molecule has 0 radical (unpaired) electrons. The monoisotopic (exact) mass is 193 g/mol. The number of nitrogens with one attached hydrogen (secondary N) is 1. The molecule has 3 heteroatoms. The van der Waals surface area contributed by atoms with Crippen molar-refractivity contribution in [3.8, 4) is 0 Å². The van der Waals surface area contributed by atoms with Gasteiger partial charge in [0.1, 0.15) is 6.10 Å². The molecule has 0 aliphatic carbocycles. The minimum atomic E-state index is -0.903. The minimum absolute atomic E-state index is 0.319. The number of amides is 1. The van der Waals surface area contributed by atoms with Crippen molar-refractivity contribution in [3.05, 3.63) is 35.9 Å². The highest BCUT2D eigenvalue weighted by Crippen LogP contribution is 2.04. The number of hydrogen-bond donors (Lipinski definition) is 2. The van der Waals surface area contributed by atoms with Gasteiger partial charge in [-0.1, -0.05) is 30.3 Å². The van der Waals surface area contributed by atoms with E-state index in [0.29, 0.717) is 6.42 Å². The van der Waals surface area contributed by atoms with E-state index < -0.39 is 6.10 Å². The lowest BCUT2D eigenvalue weighted by atomic mass is 10.1. The van der Waals surface area contributed by atoms with E-state index in [9.17, 15) is 9.90 Å². The molecule has 0 fully saturated rings. The average Bonchev–Trinajstić information content (AvgIpc) is 2.26. The van der Waals surface area contributed by atoms with Crippen molar-refractivity contribution in [3.63, 3.8) is 0 Å². The first-order valence-corrected chi connectivity index (χ1v) is 4.67. The number of aliphatic hydroxyl groups excluding tert-OH is 1. The molecule has 0 aliphatic rings. The Balaban J connectivity index is 2.38. The number of carbonyl (C=O) groups excluding carboxylic acids is 1. The van der Waals surface area contributed by atoms with Crippen LogP contribution in [0.2, 0.25) is 0 Å². The van der Waals surface area contributed by atoms with E-state index in [4.69, 9.17) is 0 Å². The summed E-state index contributed by atoms with van der Waals surface area (Å²) in [4.78, 5) is 11.0. The van der Waals surface area contributed by atoms with Gasteiger partial charge in [0.25, 0.3) is 0 Å². The molecule has 1 rings (SSSR count). The molecule has 2 N–H and O–H groups in total. The second-order valence-electron chi connectivity index (χ2n) is 3.15. The van der Waals surface area contributed by atoms with Crippen LogP contribution >= 0.6 is 0 Å². The normalized spacial score (nSPS) is 12.1. The number of aryl methyl sites for hydroxylation is 1. The van der Waals surface area contributed by atoms with Gasteiger partial charge in [0, 0.05) is 7.05 Å². The highest BCUT2D eigenvalue weighted by atomic mass is 16.3. The zero-order valence-corrected chi connectivity index (χ0v) is 8.23. The number of carbonyl (C=O) groups is 1. The third kappa shape index (κ3) is 3.18. The van der Waals surface area contributed by atoms with Crippen LogP contribution in [0.5, 0.6) is 0 Å². The highest BCUT2D eigenvalue weighted by Gasteiger charge is 2.12. The van der Waals surface area contributed by atoms with Gasteiger partial charge < -0.3 is 10.4 Å². The molecule has 1 aromatic rings. The van der Waals surface area contributed by atoms with Crippen LogP contribution in [0.4, 0.5) is 0 Å². The van der Waals surface area contributed by atoms with E-state index in [-0.39, 0.29) is 5.91 Å². The summed E-state index contributed by atoms with van der Waals surface area (Å²) in [5.74, 6) is -0.319. The molecular formula is C11H15NO2. The predicted octanol–water partition coefficient (Wildman–Crippen LogP) is 0.726. The van der Waals surface area contributed by atoms with Crippen LogP contribution < -0.4 is 5.32 Å². The number of aliphatic hydroxyl groups is 1. The summed E-state index contributed by atoms with van der Waals surface area (Å²) in [6, 6.07) is 9.80. The molecule has 3 nitrogen and oxygen atoms in total. The molecule has 14 heavy (non-hydrogen) atoms. The van der Waals surface area contributed by atoms with Gasteiger partial charge in [-0.15, -0.1) is 0 Å². The first kappa shape index (κ1) is 10.7. The summed E-state index contributed by atoms with van der Waals surface area (Å²) in [5.41, 5.74) is 1.13. The van der Waals surface area contributed by atoms with Crippen molar-refractivity contribution >= 4 is 5.91 Å². The predicted molar refractivity (Wildman–Crippen MR) is 54.8 cm³/mol. The Hall–Kier alpha value is -1.35. The van der Waals surface area contributed by atoms with E-state index >= 15 is 0 Å². The maximum absolute atomic E-state index is 11.0. The van der Waals surface area contributed by atoms with Gasteiger partial charge in [-0.2, -0.15) is 0 Å². The summed E-state index contributed by atoms with van der Waals surface area (Å²) >= 11 is 0. The molecule has 0 spiro atoms. The largest absolute Gasteiger partial charge is 0.383 e. The summed E-state index contributed by atoms with van der Waals surface area (Å²) in [6.45, 7) is 0. The van der Waals surface area contributed by atoms with Gasteiger partial charge in [-0.25, -0.2) is 0 Å². The molecule has 0 saturated carbocycles. The fourth-order valence-corrected chi connectivity index (χ4v) is 1.25. The Morgan fingerprint density at radius 2 is 2.07 bits per heavy atom. The molecule has 0 aromatic heterocycles. The maximum atomic E-state index is 11.0. The second kappa shape index (κ2) is 5.40. The maximum Gasteiger partial charge on any atom is 0.248 e. The second-order valence-corrected chi connectivity index (χ2v) is 3.15. The standard InChI is InChI=1S/C11H15NO2/c1-12-11(14)10(13)8-7-9-5-3-2-4-6-9/h2-6,10,13H,7-8H2,1H3,(H,12,14). The van der Waals surface area contributed by atoms with E-state index in [2.05, 4.69) is 5.32 Å². The van der Waals surface area contributed by atoms with E-state index in [1.165, 1.54) is 7.05 Å². The van der Waals surface area contributed by atoms with Gasteiger partial charge in [0.05, 0.1) is 0 Å². The minimum Gasteiger partial charge on any atom is -0.383 e. The van der Waals surface area contributed by atoms with Crippen molar-refractivity contribution in [1.82, 2.24) is 5.32 Å². The van der Waals surface area contributed by atoms with Gasteiger partial charge in [-0.3, -0.25) is 4.79 Å². The first-order valence-electron chi connectivity index (χ1n) is 4.67. The lowest BCUT2D eigenvalue weighted by molar-refractivity contribution is -0.129. The number of likely N-dealkylation sites (N-methyl/N-ethyl adjacent to an activating group) is 1. The van der Waals surface area contributed by atoms with Crippen LogP contribution in [0.25, 0.3) is 0 Å². The average molecular weight is 193 g/mol. The van der Waals surface area contributed by atoms with Crippen molar-refractivity contribution < 1.29 is 9.90 Å². The lowest BCUT2D eigenvalue weighted by Gasteiger charge is -2.08. The quantitative estimate of drug-likeness (QED) is 0.740. The van der Waals surface area contributed by atoms with Gasteiger partial charge in [0.15, 0.2) is 0 Å². The molecule has 76 valence electrons. The van der Waals surface area contributed by atoms with Gasteiger partial charge in [0.2, 0.25) is 5.91 Å². The fourth-order valence-electron chi connectivity index (χ4n) is 1.25. The van der Waals surface area contributed by atoms with Crippen LogP contribution in [-0.2, 0) is 11.2 Å². The first-order chi connectivity index (χ1) is 6.74. The summed E-state index contributed by atoms with van der Waals surface area (Å²) in [5, 5.41) is 11.8. The van der Waals surface area contributed by atoms with Crippen molar-refractivity contribution in [1.29, 1.82) is 0 Å². The van der Waals surface area contributed by atoms with Gasteiger partial charge in [-0.05, 0) is 18.4 Å². The Bertz CT molecular complexity index is 285. The number of rotatable bonds is 4. The summed E-state index contributed by atoms with van der Waals surface area (Å²) < 4.78 is 0. The third-order valence-corrected chi connectivity index (χ3v) is 2.10. The molecule has 1 amide bonds. The van der Waals surface area contributed by atoms with Crippen LogP contribution in [0.3, 0.4) is 0 Å². The SMILES string of the molecule is CNC(=O)C(O)CCc1ccccc1. The van der Waals surface area contributed by atoms with Crippen LogP contribution in [0.15, 0.2) is 30.3 Å². The van der Waals surface area contributed by atoms with Crippen LogP contribution in [0.1, 0.15) is 12.0 Å². The van der Waals surface area contributed by atoms with Crippen molar-refractivity contribution in [2.75, 3.05) is 7.05 Å². The Labute approximate surface area is 83.8 Å². The Morgan fingerprint density at radius 3 is 2.64 bits per heavy atom. The zero-order chi connectivity index (χ0) is 10.4. The molecule has 0 bridgehead atoms. The molecule has 0 aliphatic heterocycles. The smallest absolute Gasteiger partial charge is 0.248 e. The van der Waals surface area contributed by atoms with E-state index in [0.717, 1.165) is 12.0 Å². The van der Waals surface area contributed by atoms with Crippen LogP contribution in [-0.4, -0.2) is 24.2 Å². The fraction of sp³-hybridized carbons (Fsp3) is 0.364. The van der Waals surface area contributed by atoms with Crippen molar-refractivity contribution in [2.24, 2.45) is 0 Å². The lowest BCUT2D eigenvalue weighted by Crippen LogP contribution is -2.31. The van der Waals surface area contributed by atoms with Crippen LogP contribution in [0, 0.1) is 0 Å². The highest BCUT2D eigenvalue weighted by molar-refractivity contribution is 5.80. The molecule has 0 saturated heterocycles. The van der Waals surface area contributed by atoms with E-state index in [1.807, 2.05) is 30.3 Å². The third-order valence-electron chi connectivity index (χ3n) is 2.10. The molecule has 1 unspecified atom stereocenters. The van der Waals surface area contributed by atoms with Gasteiger partial charge >= 0.3 is 0 Å². The Kier molecular flexibility index (Phi) is 4.13. The molecule has 0 heterocycles.